The number of nitrogens with zero attached hydrogens (tertiary/aromatic N) is 1. The van der Waals surface area contributed by atoms with Gasteiger partial charge in [0.15, 0.2) is 5.79 Å². The number of hydrogen-bond donors (Lipinski definition) is 2. The predicted octanol–water partition coefficient (Wildman–Crippen LogP) is 8.93. The zero-order valence-corrected chi connectivity index (χ0v) is 26.0. The van der Waals surface area contributed by atoms with Gasteiger partial charge in [-0.1, -0.05) is 155 Å². The smallest absolute Gasteiger partial charge is 0.248 e. The first kappa shape index (κ1) is 37.4. The number of hydrogen-bond acceptors (Lipinski definition) is 4. The van der Waals surface area contributed by atoms with Gasteiger partial charge in [-0.3, -0.25) is 4.79 Å². The van der Waals surface area contributed by atoms with Gasteiger partial charge in [-0.2, -0.15) is 0 Å². The summed E-state index contributed by atoms with van der Waals surface area (Å²) in [6, 6.07) is 0. The van der Waals surface area contributed by atoms with E-state index in [1.807, 2.05) is 4.90 Å². The lowest BCUT2D eigenvalue weighted by Gasteiger charge is -2.26. The first-order valence-electron chi connectivity index (χ1n) is 16.7. The zero-order chi connectivity index (χ0) is 28.2. The normalized spacial score (nSPS) is 13.1. The van der Waals surface area contributed by atoms with Crippen molar-refractivity contribution in [1.29, 1.82) is 0 Å². The average Bonchev–Trinajstić information content (AvgIpc) is 2.91. The minimum Gasteiger partial charge on any atom is -0.391 e. The number of amides is 1. The zero-order valence-electron chi connectivity index (χ0n) is 26.0. The molecule has 0 radical (unpaired) electrons. The van der Waals surface area contributed by atoms with Gasteiger partial charge in [-0.15, -0.1) is 0 Å². The van der Waals surface area contributed by atoms with E-state index < -0.39 is 12.4 Å². The maximum atomic E-state index is 12.8. The van der Waals surface area contributed by atoms with E-state index >= 15 is 0 Å². The van der Waals surface area contributed by atoms with Crippen molar-refractivity contribution >= 4 is 5.91 Å². The molecule has 0 spiro atoms. The molecule has 0 fully saturated rings. The summed E-state index contributed by atoms with van der Waals surface area (Å²) in [6.45, 7) is 6.76. The molecule has 2 N–H and O–H groups in total. The predicted molar refractivity (Wildman–Crippen MR) is 162 cm³/mol. The van der Waals surface area contributed by atoms with Gasteiger partial charge in [0.1, 0.15) is 6.61 Å². The van der Waals surface area contributed by atoms with Crippen LogP contribution in [0.5, 0.6) is 0 Å². The van der Waals surface area contributed by atoms with Crippen LogP contribution in [0.15, 0.2) is 0 Å². The lowest BCUT2D eigenvalue weighted by atomic mass is 10.0. The molecular formula is C33H67NO4. The number of carbonyl (C=O) groups excluding carboxylic acids is 1. The van der Waals surface area contributed by atoms with Crippen LogP contribution in [0.4, 0.5) is 0 Å². The molecule has 0 heterocycles. The third-order valence-corrected chi connectivity index (χ3v) is 7.72. The van der Waals surface area contributed by atoms with E-state index in [9.17, 15) is 15.0 Å². The highest BCUT2D eigenvalue weighted by Crippen LogP contribution is 2.14. The van der Waals surface area contributed by atoms with Gasteiger partial charge in [0.25, 0.3) is 0 Å². The number of aliphatic hydroxyl groups excluding tert-OH is 1. The van der Waals surface area contributed by atoms with E-state index in [0.29, 0.717) is 0 Å². The Morgan fingerprint density at radius 1 is 0.579 bits per heavy atom. The molecule has 228 valence electrons. The molecule has 1 unspecified atom stereocenters. The van der Waals surface area contributed by atoms with Crippen LogP contribution < -0.4 is 0 Å². The minimum absolute atomic E-state index is 0.0788. The second-order valence-corrected chi connectivity index (χ2v) is 11.8. The molecular weight excluding hydrogens is 474 g/mol. The van der Waals surface area contributed by atoms with Crippen molar-refractivity contribution in [3.8, 4) is 0 Å². The lowest BCUT2D eigenvalue weighted by molar-refractivity contribution is -0.213. The molecule has 5 heteroatoms. The molecule has 0 aliphatic carbocycles. The fourth-order valence-electron chi connectivity index (χ4n) is 5.00. The van der Waals surface area contributed by atoms with Gasteiger partial charge in [0, 0.05) is 13.1 Å². The second-order valence-electron chi connectivity index (χ2n) is 11.8. The van der Waals surface area contributed by atoms with E-state index in [-0.39, 0.29) is 12.5 Å². The number of aliphatic hydroxyl groups is 2. The summed E-state index contributed by atoms with van der Waals surface area (Å²) in [5.41, 5.74) is 0. The topological polar surface area (TPSA) is 70.0 Å². The molecule has 0 aliphatic heterocycles. The number of unbranched alkanes of at least 4 members (excludes halogenated alkanes) is 22. The summed E-state index contributed by atoms with van der Waals surface area (Å²) in [5, 5.41) is 19.1. The number of rotatable bonds is 30. The first-order chi connectivity index (χ1) is 18.5. The summed E-state index contributed by atoms with van der Waals surface area (Å²) < 4.78 is 5.26. The summed E-state index contributed by atoms with van der Waals surface area (Å²) in [7, 11) is 0. The van der Waals surface area contributed by atoms with Gasteiger partial charge in [0.05, 0.1) is 6.61 Å². The van der Waals surface area contributed by atoms with E-state index in [4.69, 9.17) is 4.74 Å². The highest BCUT2D eigenvalue weighted by Gasteiger charge is 2.23. The van der Waals surface area contributed by atoms with Crippen LogP contribution in [0, 0.1) is 0 Å². The Labute approximate surface area is 237 Å². The van der Waals surface area contributed by atoms with Crippen molar-refractivity contribution in [1.82, 2.24) is 4.90 Å². The Morgan fingerprint density at radius 2 is 0.868 bits per heavy atom. The maximum Gasteiger partial charge on any atom is 0.248 e. The van der Waals surface area contributed by atoms with Gasteiger partial charge in [0.2, 0.25) is 5.91 Å². The maximum absolute atomic E-state index is 12.8. The summed E-state index contributed by atoms with van der Waals surface area (Å²) in [4.78, 5) is 14.7. The molecule has 1 atom stereocenters. The molecule has 0 rings (SSSR count). The largest absolute Gasteiger partial charge is 0.391 e. The molecule has 0 saturated heterocycles. The molecule has 0 aromatic rings. The molecule has 0 aliphatic rings. The quantitative estimate of drug-likeness (QED) is 0.0703. The summed E-state index contributed by atoms with van der Waals surface area (Å²) in [5.74, 6) is -1.74. The Balaban J connectivity index is 4.03. The van der Waals surface area contributed by atoms with Crippen LogP contribution in [0.2, 0.25) is 0 Å². The van der Waals surface area contributed by atoms with Crippen LogP contribution in [0.25, 0.3) is 0 Å². The average molecular weight is 542 g/mol. The van der Waals surface area contributed by atoms with Crippen LogP contribution in [-0.4, -0.2) is 53.1 Å². The van der Waals surface area contributed by atoms with E-state index in [0.717, 1.165) is 38.8 Å². The van der Waals surface area contributed by atoms with Crippen LogP contribution >= 0.6 is 0 Å². The van der Waals surface area contributed by atoms with Gasteiger partial charge in [-0.05, 0) is 19.8 Å². The fourth-order valence-corrected chi connectivity index (χ4v) is 5.00. The number of carbonyl (C=O) groups is 1. The van der Waals surface area contributed by atoms with Crippen molar-refractivity contribution < 1.29 is 19.7 Å². The van der Waals surface area contributed by atoms with Gasteiger partial charge >= 0.3 is 0 Å². The Morgan fingerprint density at radius 3 is 1.16 bits per heavy atom. The molecule has 0 bridgehead atoms. The fraction of sp³-hybridized carbons (Fsp3) is 0.970. The molecule has 0 aromatic carbocycles. The van der Waals surface area contributed by atoms with Crippen molar-refractivity contribution in [3.05, 3.63) is 0 Å². The molecule has 0 saturated carbocycles. The van der Waals surface area contributed by atoms with Crippen molar-refractivity contribution in [3.63, 3.8) is 0 Å². The second kappa shape index (κ2) is 27.9. The molecule has 38 heavy (non-hydrogen) atoms. The Hall–Kier alpha value is -0.650. The Kier molecular flexibility index (Phi) is 27.4. The van der Waals surface area contributed by atoms with Crippen LogP contribution in [0.1, 0.15) is 175 Å². The van der Waals surface area contributed by atoms with Crippen LogP contribution in [-0.2, 0) is 9.53 Å². The number of ether oxygens (including phenoxy) is 1. The van der Waals surface area contributed by atoms with Gasteiger partial charge < -0.3 is 19.8 Å². The van der Waals surface area contributed by atoms with Gasteiger partial charge in [-0.25, -0.2) is 0 Å². The van der Waals surface area contributed by atoms with Crippen molar-refractivity contribution in [2.45, 2.75) is 181 Å². The third kappa shape index (κ3) is 25.6. The summed E-state index contributed by atoms with van der Waals surface area (Å²) >= 11 is 0. The van der Waals surface area contributed by atoms with Crippen molar-refractivity contribution in [2.75, 3.05) is 26.3 Å². The van der Waals surface area contributed by atoms with E-state index in [1.165, 1.54) is 135 Å². The third-order valence-electron chi connectivity index (χ3n) is 7.72. The molecule has 0 aromatic heterocycles. The highest BCUT2D eigenvalue weighted by molar-refractivity contribution is 5.77. The lowest BCUT2D eigenvalue weighted by Crippen LogP contribution is -2.40. The SMILES string of the molecule is CCCCCCCCCCCCCCN(CCCCCCCCCCCCCC)C(=O)COC(C)(O)CO. The van der Waals surface area contributed by atoms with Crippen molar-refractivity contribution in [2.24, 2.45) is 0 Å². The van der Waals surface area contributed by atoms with Crippen LogP contribution in [0.3, 0.4) is 0 Å². The first-order valence-corrected chi connectivity index (χ1v) is 16.7. The summed E-state index contributed by atoms with van der Waals surface area (Å²) in [6.07, 6.45) is 31.4. The monoisotopic (exact) mass is 542 g/mol. The van der Waals surface area contributed by atoms with E-state index in [2.05, 4.69) is 13.8 Å². The van der Waals surface area contributed by atoms with E-state index in [1.54, 1.807) is 0 Å². The Bertz CT molecular complexity index is 469. The molecule has 1 amide bonds. The minimum atomic E-state index is -1.66. The molecule has 5 nitrogen and oxygen atoms in total. The standard InChI is InChI=1S/C33H67NO4/c1-4-6-8-10-12-14-16-18-20-22-24-26-28-34(32(36)30-38-33(3,37)31-35)29-27-25-23-21-19-17-15-13-11-9-7-5-2/h35,37H,4-31H2,1-3H3. The highest BCUT2D eigenvalue weighted by atomic mass is 16.6.